The largest absolute Gasteiger partial charge is 0.433 e. The van der Waals surface area contributed by atoms with E-state index in [1.54, 1.807) is 0 Å². The van der Waals surface area contributed by atoms with Gasteiger partial charge in [0.25, 0.3) is 0 Å². The van der Waals surface area contributed by atoms with Crippen LogP contribution in [0.2, 0.25) is 0 Å². The fourth-order valence-corrected chi connectivity index (χ4v) is 2.48. The third-order valence-electron chi connectivity index (χ3n) is 2.62. The van der Waals surface area contributed by atoms with E-state index in [1.165, 1.54) is 11.3 Å². The minimum atomic E-state index is -4.65. The Morgan fingerprint density at radius 3 is 2.67 bits per heavy atom. The SMILES string of the molecule is Cc1ccc(CNc2cc(C(F)(F)F)ncc2[N+](=O)[O-])s1. The van der Waals surface area contributed by atoms with Gasteiger partial charge in [-0.25, -0.2) is 4.98 Å². The Labute approximate surface area is 121 Å². The minimum Gasteiger partial charge on any atom is -0.374 e. The number of aromatic nitrogens is 1. The number of thiophene rings is 1. The topological polar surface area (TPSA) is 68.1 Å². The number of rotatable bonds is 4. The Hall–Kier alpha value is -2.16. The molecule has 0 amide bonds. The average molecular weight is 317 g/mol. The molecule has 0 aliphatic heterocycles. The molecule has 0 aromatic carbocycles. The van der Waals surface area contributed by atoms with Gasteiger partial charge in [0.05, 0.1) is 4.92 Å². The van der Waals surface area contributed by atoms with Gasteiger partial charge in [-0.1, -0.05) is 0 Å². The van der Waals surface area contributed by atoms with Crippen LogP contribution in [0.5, 0.6) is 0 Å². The van der Waals surface area contributed by atoms with E-state index in [-0.39, 0.29) is 12.2 Å². The van der Waals surface area contributed by atoms with Crippen LogP contribution in [0.1, 0.15) is 15.4 Å². The summed E-state index contributed by atoms with van der Waals surface area (Å²) in [5.74, 6) is 0. The van der Waals surface area contributed by atoms with Gasteiger partial charge in [-0.15, -0.1) is 11.3 Å². The van der Waals surface area contributed by atoms with E-state index >= 15 is 0 Å². The fourth-order valence-electron chi connectivity index (χ4n) is 1.65. The van der Waals surface area contributed by atoms with Gasteiger partial charge in [0, 0.05) is 16.3 Å². The Kier molecular flexibility index (Phi) is 4.12. The predicted molar refractivity (Wildman–Crippen MR) is 72.3 cm³/mol. The molecule has 0 radical (unpaired) electrons. The molecule has 9 heteroatoms. The molecule has 0 aliphatic rings. The minimum absolute atomic E-state index is 0.201. The van der Waals surface area contributed by atoms with Crippen molar-refractivity contribution in [1.82, 2.24) is 4.98 Å². The van der Waals surface area contributed by atoms with Crippen LogP contribution in [0.4, 0.5) is 24.5 Å². The van der Waals surface area contributed by atoms with Crippen LogP contribution in [0, 0.1) is 17.0 Å². The number of aryl methyl sites for hydroxylation is 1. The smallest absolute Gasteiger partial charge is 0.374 e. The molecule has 2 rings (SSSR count). The van der Waals surface area contributed by atoms with Gasteiger partial charge in [0.2, 0.25) is 0 Å². The first-order chi connectivity index (χ1) is 9.77. The zero-order chi connectivity index (χ0) is 15.6. The highest BCUT2D eigenvalue weighted by Crippen LogP contribution is 2.33. The van der Waals surface area contributed by atoms with E-state index in [2.05, 4.69) is 10.3 Å². The summed E-state index contributed by atoms with van der Waals surface area (Å²) >= 11 is 1.46. The van der Waals surface area contributed by atoms with Crippen molar-refractivity contribution in [2.24, 2.45) is 0 Å². The summed E-state index contributed by atoms with van der Waals surface area (Å²) in [6.45, 7) is 2.10. The zero-order valence-corrected chi connectivity index (χ0v) is 11.6. The molecule has 112 valence electrons. The summed E-state index contributed by atoms with van der Waals surface area (Å²) in [5.41, 5.74) is -1.86. The van der Waals surface area contributed by atoms with E-state index in [1.807, 2.05) is 19.1 Å². The highest BCUT2D eigenvalue weighted by molar-refractivity contribution is 7.11. The van der Waals surface area contributed by atoms with Gasteiger partial charge in [0.15, 0.2) is 0 Å². The molecular weight excluding hydrogens is 307 g/mol. The molecule has 0 saturated heterocycles. The lowest BCUT2D eigenvalue weighted by Gasteiger charge is -2.09. The molecule has 2 aromatic heterocycles. The van der Waals surface area contributed by atoms with Gasteiger partial charge in [-0.2, -0.15) is 13.2 Å². The predicted octanol–water partition coefficient (Wildman–Crippen LogP) is 3.99. The average Bonchev–Trinajstić information content (AvgIpc) is 2.80. The number of halogens is 3. The normalized spacial score (nSPS) is 11.4. The van der Waals surface area contributed by atoms with Crippen molar-refractivity contribution in [2.45, 2.75) is 19.6 Å². The second kappa shape index (κ2) is 5.68. The molecule has 0 fully saturated rings. The summed E-state index contributed by atoms with van der Waals surface area (Å²) < 4.78 is 37.8. The lowest BCUT2D eigenvalue weighted by molar-refractivity contribution is -0.384. The van der Waals surface area contributed by atoms with E-state index in [4.69, 9.17) is 0 Å². The van der Waals surface area contributed by atoms with Crippen LogP contribution in [0.3, 0.4) is 0 Å². The summed E-state index contributed by atoms with van der Waals surface area (Å²) in [4.78, 5) is 15.1. The van der Waals surface area contributed by atoms with Gasteiger partial charge >= 0.3 is 11.9 Å². The number of hydrogen-bond donors (Lipinski definition) is 1. The van der Waals surface area contributed by atoms with Crippen LogP contribution in [-0.4, -0.2) is 9.91 Å². The van der Waals surface area contributed by atoms with E-state index in [9.17, 15) is 23.3 Å². The van der Waals surface area contributed by atoms with Crippen molar-refractivity contribution in [3.05, 3.63) is 50.0 Å². The van der Waals surface area contributed by atoms with Crippen LogP contribution in [-0.2, 0) is 12.7 Å². The van der Waals surface area contributed by atoms with Gasteiger partial charge in [-0.05, 0) is 25.1 Å². The summed E-state index contributed by atoms with van der Waals surface area (Å²) in [7, 11) is 0. The first-order valence-corrected chi connectivity index (χ1v) is 6.60. The molecule has 0 saturated carbocycles. The van der Waals surface area contributed by atoms with Crippen LogP contribution in [0.25, 0.3) is 0 Å². The second-order valence-corrected chi connectivity index (χ2v) is 5.58. The number of hydrogen-bond acceptors (Lipinski definition) is 5. The third kappa shape index (κ3) is 3.69. The van der Waals surface area contributed by atoms with Crippen molar-refractivity contribution in [3.63, 3.8) is 0 Å². The molecule has 0 aliphatic carbocycles. The Balaban J connectivity index is 2.28. The number of alkyl halides is 3. The highest BCUT2D eigenvalue weighted by Gasteiger charge is 2.34. The number of nitrogens with zero attached hydrogens (tertiary/aromatic N) is 2. The summed E-state index contributed by atoms with van der Waals surface area (Å²) in [6, 6.07) is 4.33. The van der Waals surface area contributed by atoms with Crippen LogP contribution in [0.15, 0.2) is 24.4 Å². The maximum Gasteiger partial charge on any atom is 0.433 e. The maximum absolute atomic E-state index is 12.6. The molecule has 0 atom stereocenters. The number of nitro groups is 1. The Bertz CT molecular complexity index is 670. The first-order valence-electron chi connectivity index (χ1n) is 5.78. The fraction of sp³-hybridized carbons (Fsp3) is 0.250. The van der Waals surface area contributed by atoms with Crippen molar-refractivity contribution < 1.29 is 18.1 Å². The van der Waals surface area contributed by atoms with Crippen molar-refractivity contribution in [2.75, 3.05) is 5.32 Å². The molecule has 21 heavy (non-hydrogen) atoms. The van der Waals surface area contributed by atoms with Crippen LogP contribution < -0.4 is 5.32 Å². The lowest BCUT2D eigenvalue weighted by Crippen LogP contribution is -2.10. The lowest BCUT2D eigenvalue weighted by atomic mass is 10.2. The monoisotopic (exact) mass is 317 g/mol. The Morgan fingerprint density at radius 2 is 2.14 bits per heavy atom. The van der Waals surface area contributed by atoms with Crippen molar-refractivity contribution in [1.29, 1.82) is 0 Å². The first kappa shape index (κ1) is 15.2. The Morgan fingerprint density at radius 1 is 1.43 bits per heavy atom. The highest BCUT2D eigenvalue weighted by atomic mass is 32.1. The quantitative estimate of drug-likeness (QED) is 0.684. The van der Waals surface area contributed by atoms with Crippen LogP contribution >= 0.6 is 11.3 Å². The second-order valence-electron chi connectivity index (χ2n) is 4.21. The molecule has 2 aromatic rings. The van der Waals surface area contributed by atoms with Gasteiger partial charge in [0.1, 0.15) is 17.6 Å². The number of pyridine rings is 1. The number of nitrogens with one attached hydrogen (secondary N) is 1. The molecular formula is C12H10F3N3O2S. The maximum atomic E-state index is 12.6. The van der Waals surface area contributed by atoms with Crippen molar-refractivity contribution >= 4 is 22.7 Å². The van der Waals surface area contributed by atoms with E-state index in [0.29, 0.717) is 12.3 Å². The van der Waals surface area contributed by atoms with E-state index in [0.717, 1.165) is 9.75 Å². The van der Waals surface area contributed by atoms with Gasteiger partial charge in [-0.3, -0.25) is 10.1 Å². The van der Waals surface area contributed by atoms with Gasteiger partial charge < -0.3 is 5.32 Å². The standard InChI is InChI=1S/C12H10F3N3O2S/c1-7-2-3-8(21-7)5-16-9-4-11(12(13,14)15)17-6-10(9)18(19)20/h2-4,6H,5H2,1H3,(H,16,17). The molecule has 0 unspecified atom stereocenters. The van der Waals surface area contributed by atoms with Crippen molar-refractivity contribution in [3.8, 4) is 0 Å². The molecule has 1 N–H and O–H groups in total. The third-order valence-corrected chi connectivity index (χ3v) is 3.62. The molecule has 0 spiro atoms. The zero-order valence-electron chi connectivity index (χ0n) is 10.8. The van der Waals surface area contributed by atoms with E-state index < -0.39 is 22.5 Å². The number of anilines is 1. The summed E-state index contributed by atoms with van der Waals surface area (Å²) in [6.07, 6.45) is -4.03. The molecule has 0 bridgehead atoms. The molecule has 2 heterocycles. The molecule has 5 nitrogen and oxygen atoms in total. The summed E-state index contributed by atoms with van der Waals surface area (Å²) in [5, 5.41) is 13.5.